The van der Waals surface area contributed by atoms with E-state index < -0.39 is 5.79 Å². The number of likely N-dealkylation sites (N-methyl/N-ethyl adjacent to an activating group) is 1. The fourth-order valence-electron chi connectivity index (χ4n) is 1.04. The Morgan fingerprint density at radius 1 is 1.30 bits per heavy atom. The average Bonchev–Trinajstić information content (AvgIpc) is 2.08. The van der Waals surface area contributed by atoms with Gasteiger partial charge in [0.05, 0.1) is 6.61 Å². The van der Waals surface area contributed by atoms with Crippen LogP contribution in [0.1, 0.15) is 20.8 Å². The first kappa shape index (κ1) is 7.98. The molecule has 0 saturated carbocycles. The van der Waals surface area contributed by atoms with Gasteiger partial charge in [-0.3, -0.25) is 5.32 Å². The smallest absolute Gasteiger partial charge is 0.165 e. The van der Waals surface area contributed by atoms with Crippen LogP contribution in [-0.4, -0.2) is 25.2 Å². The largest absolute Gasteiger partial charge is 0.346 e. The van der Waals surface area contributed by atoms with Crippen LogP contribution in [0.5, 0.6) is 0 Å². The van der Waals surface area contributed by atoms with Crippen molar-refractivity contribution in [3.63, 3.8) is 0 Å². The van der Waals surface area contributed by atoms with Gasteiger partial charge in [-0.1, -0.05) is 0 Å². The number of rotatable bonds is 1. The number of nitrogens with one attached hydrogen (secondary N) is 1. The van der Waals surface area contributed by atoms with E-state index in [1.807, 2.05) is 27.8 Å². The molecule has 0 aliphatic carbocycles. The van der Waals surface area contributed by atoms with Crippen molar-refractivity contribution in [3.05, 3.63) is 0 Å². The van der Waals surface area contributed by atoms with E-state index in [0.29, 0.717) is 6.61 Å². The van der Waals surface area contributed by atoms with Gasteiger partial charge in [-0.05, 0) is 27.8 Å². The van der Waals surface area contributed by atoms with Crippen LogP contribution in [0.4, 0.5) is 0 Å². The van der Waals surface area contributed by atoms with Crippen molar-refractivity contribution in [1.29, 1.82) is 0 Å². The second-order valence-electron chi connectivity index (χ2n) is 3.27. The lowest BCUT2D eigenvalue weighted by Gasteiger charge is -2.23. The topological polar surface area (TPSA) is 30.5 Å². The quantitative estimate of drug-likeness (QED) is 0.589. The predicted octanol–water partition coefficient (Wildman–Crippen LogP) is 0.705. The maximum absolute atomic E-state index is 5.55. The predicted molar refractivity (Wildman–Crippen MR) is 38.6 cm³/mol. The molecule has 1 unspecified atom stereocenters. The van der Waals surface area contributed by atoms with Crippen molar-refractivity contribution in [3.8, 4) is 0 Å². The molecular formula is C7H15NO2. The molecule has 1 N–H and O–H groups in total. The Kier molecular flexibility index (Phi) is 1.75. The summed E-state index contributed by atoms with van der Waals surface area (Å²) in [5.74, 6) is -0.433. The maximum Gasteiger partial charge on any atom is 0.165 e. The van der Waals surface area contributed by atoms with E-state index in [-0.39, 0.29) is 5.72 Å². The average molecular weight is 145 g/mol. The van der Waals surface area contributed by atoms with Gasteiger partial charge >= 0.3 is 0 Å². The van der Waals surface area contributed by atoms with Crippen molar-refractivity contribution in [2.45, 2.75) is 32.3 Å². The highest BCUT2D eigenvalue weighted by Crippen LogP contribution is 2.27. The minimum atomic E-state index is -0.433. The van der Waals surface area contributed by atoms with Crippen LogP contribution in [-0.2, 0) is 9.47 Å². The Morgan fingerprint density at radius 2 is 1.90 bits per heavy atom. The Labute approximate surface area is 61.7 Å². The summed E-state index contributed by atoms with van der Waals surface area (Å²) in [5, 5.41) is 3.05. The van der Waals surface area contributed by atoms with Crippen molar-refractivity contribution in [2.24, 2.45) is 0 Å². The van der Waals surface area contributed by atoms with E-state index in [0.717, 1.165) is 0 Å². The molecule has 0 aromatic carbocycles. The van der Waals surface area contributed by atoms with Gasteiger partial charge in [0.25, 0.3) is 0 Å². The van der Waals surface area contributed by atoms with Crippen LogP contribution in [0.2, 0.25) is 0 Å². The lowest BCUT2D eigenvalue weighted by atomic mass is 10.3. The Balaban J connectivity index is 2.57. The molecule has 1 saturated heterocycles. The van der Waals surface area contributed by atoms with Gasteiger partial charge in [0, 0.05) is 0 Å². The SMILES string of the molecule is CNC1(C)COC(C)(C)O1. The molecule has 1 rings (SSSR count). The Bertz CT molecular complexity index is 136. The summed E-state index contributed by atoms with van der Waals surface area (Å²) in [6.45, 7) is 6.41. The fraction of sp³-hybridized carbons (Fsp3) is 1.00. The molecule has 0 aromatic rings. The van der Waals surface area contributed by atoms with Crippen LogP contribution in [0.3, 0.4) is 0 Å². The first-order valence-corrected chi connectivity index (χ1v) is 3.50. The van der Waals surface area contributed by atoms with Gasteiger partial charge in [-0.25, -0.2) is 0 Å². The molecule has 10 heavy (non-hydrogen) atoms. The molecule has 0 bridgehead atoms. The maximum atomic E-state index is 5.55. The second kappa shape index (κ2) is 2.19. The third-order valence-electron chi connectivity index (χ3n) is 1.70. The van der Waals surface area contributed by atoms with Crippen LogP contribution in [0, 0.1) is 0 Å². The highest BCUT2D eigenvalue weighted by atomic mass is 16.8. The van der Waals surface area contributed by atoms with Crippen LogP contribution < -0.4 is 5.32 Å². The first-order chi connectivity index (χ1) is 4.47. The lowest BCUT2D eigenvalue weighted by molar-refractivity contribution is -0.162. The molecule has 60 valence electrons. The molecule has 1 atom stereocenters. The summed E-state index contributed by atoms with van der Waals surface area (Å²) < 4.78 is 10.9. The molecule has 3 heteroatoms. The number of hydrogen-bond acceptors (Lipinski definition) is 3. The van der Waals surface area contributed by atoms with E-state index in [1.165, 1.54) is 0 Å². The molecule has 1 fully saturated rings. The second-order valence-corrected chi connectivity index (χ2v) is 3.27. The van der Waals surface area contributed by atoms with Gasteiger partial charge in [0.1, 0.15) is 5.72 Å². The van der Waals surface area contributed by atoms with E-state index in [2.05, 4.69) is 5.32 Å². The van der Waals surface area contributed by atoms with Gasteiger partial charge in [-0.2, -0.15) is 0 Å². The van der Waals surface area contributed by atoms with Gasteiger partial charge in [0.15, 0.2) is 5.79 Å². The molecule has 1 aliphatic rings. The van der Waals surface area contributed by atoms with E-state index >= 15 is 0 Å². The van der Waals surface area contributed by atoms with E-state index in [4.69, 9.17) is 9.47 Å². The van der Waals surface area contributed by atoms with Crippen molar-refractivity contribution < 1.29 is 9.47 Å². The Hall–Kier alpha value is -0.120. The third-order valence-corrected chi connectivity index (χ3v) is 1.70. The van der Waals surface area contributed by atoms with Gasteiger partial charge < -0.3 is 9.47 Å². The molecule has 0 aromatic heterocycles. The first-order valence-electron chi connectivity index (χ1n) is 3.50. The van der Waals surface area contributed by atoms with E-state index in [1.54, 1.807) is 0 Å². The fourth-order valence-corrected chi connectivity index (χ4v) is 1.04. The summed E-state index contributed by atoms with van der Waals surface area (Å²) >= 11 is 0. The van der Waals surface area contributed by atoms with Gasteiger partial charge in [0.2, 0.25) is 0 Å². The normalized spacial score (nSPS) is 38.4. The summed E-state index contributed by atoms with van der Waals surface area (Å²) in [4.78, 5) is 0. The molecule has 3 nitrogen and oxygen atoms in total. The zero-order valence-electron chi connectivity index (χ0n) is 7.02. The zero-order chi connectivity index (χ0) is 7.83. The van der Waals surface area contributed by atoms with Crippen LogP contribution in [0.25, 0.3) is 0 Å². The van der Waals surface area contributed by atoms with Crippen LogP contribution in [0.15, 0.2) is 0 Å². The number of hydrogen-bond donors (Lipinski definition) is 1. The summed E-state index contributed by atoms with van der Waals surface area (Å²) in [6, 6.07) is 0. The molecule has 0 spiro atoms. The lowest BCUT2D eigenvalue weighted by Crippen LogP contribution is -2.43. The molecule has 0 amide bonds. The van der Waals surface area contributed by atoms with Crippen LogP contribution >= 0.6 is 0 Å². The highest BCUT2D eigenvalue weighted by molar-refractivity contribution is 4.79. The van der Waals surface area contributed by atoms with E-state index in [9.17, 15) is 0 Å². The highest BCUT2D eigenvalue weighted by Gasteiger charge is 2.40. The Morgan fingerprint density at radius 3 is 2.10 bits per heavy atom. The zero-order valence-corrected chi connectivity index (χ0v) is 7.02. The van der Waals surface area contributed by atoms with Crippen molar-refractivity contribution in [1.82, 2.24) is 5.32 Å². The van der Waals surface area contributed by atoms with Crippen molar-refractivity contribution >= 4 is 0 Å². The minimum absolute atomic E-state index is 0.302. The molecular weight excluding hydrogens is 130 g/mol. The summed E-state index contributed by atoms with van der Waals surface area (Å²) in [5.41, 5.74) is -0.302. The monoisotopic (exact) mass is 145 g/mol. The van der Waals surface area contributed by atoms with Gasteiger partial charge in [-0.15, -0.1) is 0 Å². The number of ether oxygens (including phenoxy) is 2. The minimum Gasteiger partial charge on any atom is -0.346 e. The molecule has 1 heterocycles. The van der Waals surface area contributed by atoms with Crippen molar-refractivity contribution in [2.75, 3.05) is 13.7 Å². The molecule has 0 radical (unpaired) electrons. The third kappa shape index (κ3) is 1.48. The molecule has 1 aliphatic heterocycles. The summed E-state index contributed by atoms with van der Waals surface area (Å²) in [6.07, 6.45) is 0. The standard InChI is InChI=1S/C7H15NO2/c1-6(2)9-5-7(3,8-4)10-6/h8H,5H2,1-4H3. The summed E-state index contributed by atoms with van der Waals surface area (Å²) in [7, 11) is 1.87.